The van der Waals surface area contributed by atoms with E-state index in [4.69, 9.17) is 0 Å². The largest absolute Gasteiger partial charge is 0.393 e. The van der Waals surface area contributed by atoms with Gasteiger partial charge in [-0.3, -0.25) is 0 Å². The Morgan fingerprint density at radius 1 is 1.50 bits per heavy atom. The topological polar surface area (TPSA) is 23.5 Å². The molecular formula is C10H20NO. The van der Waals surface area contributed by atoms with Crippen LogP contribution in [0.25, 0.3) is 0 Å². The van der Waals surface area contributed by atoms with E-state index in [0.29, 0.717) is 11.8 Å². The van der Waals surface area contributed by atoms with Gasteiger partial charge in [-0.1, -0.05) is 6.92 Å². The summed E-state index contributed by atoms with van der Waals surface area (Å²) >= 11 is 0. The molecule has 12 heavy (non-hydrogen) atoms. The van der Waals surface area contributed by atoms with Crippen molar-refractivity contribution < 1.29 is 5.11 Å². The minimum atomic E-state index is -0.124. The van der Waals surface area contributed by atoms with Crippen molar-refractivity contribution >= 4 is 0 Å². The van der Waals surface area contributed by atoms with Gasteiger partial charge in [0.2, 0.25) is 0 Å². The van der Waals surface area contributed by atoms with Crippen LogP contribution in [0.4, 0.5) is 0 Å². The molecule has 0 aromatic rings. The van der Waals surface area contributed by atoms with E-state index in [9.17, 15) is 5.11 Å². The van der Waals surface area contributed by atoms with E-state index in [-0.39, 0.29) is 6.10 Å². The van der Waals surface area contributed by atoms with Crippen LogP contribution >= 0.6 is 0 Å². The van der Waals surface area contributed by atoms with Gasteiger partial charge < -0.3 is 10.0 Å². The first-order valence-electron chi connectivity index (χ1n) is 4.77. The average Bonchev–Trinajstić information content (AvgIpc) is 1.98. The Morgan fingerprint density at radius 3 is 2.75 bits per heavy atom. The highest BCUT2D eigenvalue weighted by molar-refractivity contribution is 4.91. The first kappa shape index (κ1) is 10.0. The Bertz CT molecular complexity index is 136. The fourth-order valence-electron chi connectivity index (χ4n) is 1.91. The highest BCUT2D eigenvalue weighted by Crippen LogP contribution is 2.28. The second kappa shape index (κ2) is 4.24. The van der Waals surface area contributed by atoms with Crippen molar-refractivity contribution in [1.29, 1.82) is 0 Å². The minimum Gasteiger partial charge on any atom is -0.393 e. The maximum absolute atomic E-state index is 9.83. The van der Waals surface area contributed by atoms with Crippen LogP contribution < -0.4 is 0 Å². The quantitative estimate of drug-likeness (QED) is 0.672. The van der Waals surface area contributed by atoms with Crippen LogP contribution in [0.1, 0.15) is 19.8 Å². The van der Waals surface area contributed by atoms with Gasteiger partial charge in [-0.2, -0.15) is 0 Å². The summed E-state index contributed by atoms with van der Waals surface area (Å²) in [5, 5.41) is 9.83. The summed E-state index contributed by atoms with van der Waals surface area (Å²) in [5.41, 5.74) is 0. The fraction of sp³-hybridized carbons (Fsp3) is 0.900. The third-order valence-electron chi connectivity index (χ3n) is 2.69. The smallest absolute Gasteiger partial charge is 0.0608 e. The van der Waals surface area contributed by atoms with E-state index in [1.807, 2.05) is 0 Å². The molecular weight excluding hydrogens is 150 g/mol. The van der Waals surface area contributed by atoms with Crippen LogP contribution in [0.3, 0.4) is 0 Å². The Balaban J connectivity index is 2.41. The van der Waals surface area contributed by atoms with Crippen LogP contribution in [0.15, 0.2) is 0 Å². The molecule has 0 bridgehead atoms. The average molecular weight is 170 g/mol. The molecule has 1 N–H and O–H groups in total. The van der Waals surface area contributed by atoms with Crippen LogP contribution in [-0.4, -0.2) is 36.8 Å². The Hall–Kier alpha value is -0.0800. The van der Waals surface area contributed by atoms with Gasteiger partial charge in [0.15, 0.2) is 0 Å². The lowest BCUT2D eigenvalue weighted by atomic mass is 9.79. The summed E-state index contributed by atoms with van der Waals surface area (Å²) in [6, 6.07) is 0. The van der Waals surface area contributed by atoms with E-state index in [2.05, 4.69) is 32.3 Å². The first-order chi connectivity index (χ1) is 5.61. The highest BCUT2D eigenvalue weighted by Gasteiger charge is 2.28. The van der Waals surface area contributed by atoms with Gasteiger partial charge in [-0.05, 0) is 39.3 Å². The van der Waals surface area contributed by atoms with E-state index in [1.54, 1.807) is 0 Å². The number of hydrogen-bond donors (Lipinski definition) is 1. The summed E-state index contributed by atoms with van der Waals surface area (Å²) in [6.07, 6.45) is 4.45. The first-order valence-corrected chi connectivity index (χ1v) is 4.77. The van der Waals surface area contributed by atoms with E-state index in [1.165, 1.54) is 0 Å². The molecule has 1 fully saturated rings. The lowest BCUT2D eigenvalue weighted by molar-refractivity contribution is 0.0381. The molecule has 3 atom stereocenters. The summed E-state index contributed by atoms with van der Waals surface area (Å²) in [5.74, 6) is 0.851. The van der Waals surface area contributed by atoms with Gasteiger partial charge in [0.1, 0.15) is 0 Å². The third kappa shape index (κ3) is 2.46. The zero-order chi connectivity index (χ0) is 9.14. The Kier molecular flexibility index (Phi) is 3.53. The molecule has 1 aliphatic rings. The van der Waals surface area contributed by atoms with Gasteiger partial charge in [0, 0.05) is 12.5 Å². The van der Waals surface area contributed by atoms with Crippen LogP contribution in [0.5, 0.6) is 0 Å². The standard InChI is InChI=1S/C10H20NO/c1-8-5-4-6-9(10(8)12)7-11(2)3/h6,8-10,12H,4-5,7H2,1-3H3. The maximum Gasteiger partial charge on any atom is 0.0608 e. The SMILES string of the molecule is CC1CC[CH]C(CN(C)C)C1O. The van der Waals surface area contributed by atoms with Crippen molar-refractivity contribution in [3.8, 4) is 0 Å². The van der Waals surface area contributed by atoms with Crippen LogP contribution in [-0.2, 0) is 0 Å². The summed E-state index contributed by atoms with van der Waals surface area (Å²) in [6.45, 7) is 3.12. The minimum absolute atomic E-state index is 0.124. The highest BCUT2D eigenvalue weighted by atomic mass is 16.3. The second-order valence-electron chi connectivity index (χ2n) is 4.21. The maximum atomic E-state index is 9.83. The normalized spacial score (nSPS) is 37.2. The van der Waals surface area contributed by atoms with E-state index >= 15 is 0 Å². The van der Waals surface area contributed by atoms with Gasteiger partial charge in [-0.15, -0.1) is 0 Å². The predicted octanol–water partition coefficient (Wildman–Crippen LogP) is 1.16. The molecule has 0 heterocycles. The summed E-state index contributed by atoms with van der Waals surface area (Å²) < 4.78 is 0. The van der Waals surface area contributed by atoms with Crippen molar-refractivity contribution in [2.24, 2.45) is 11.8 Å². The molecule has 1 aliphatic carbocycles. The number of nitrogens with zero attached hydrogens (tertiary/aromatic N) is 1. The summed E-state index contributed by atoms with van der Waals surface area (Å²) in [7, 11) is 4.11. The zero-order valence-electron chi connectivity index (χ0n) is 8.33. The molecule has 0 aromatic carbocycles. The lowest BCUT2D eigenvalue weighted by Crippen LogP contribution is -2.38. The van der Waals surface area contributed by atoms with E-state index < -0.39 is 0 Å². The predicted molar refractivity (Wildman–Crippen MR) is 50.7 cm³/mol. The molecule has 1 saturated carbocycles. The number of rotatable bonds is 2. The molecule has 1 radical (unpaired) electrons. The van der Waals surface area contributed by atoms with Gasteiger partial charge in [-0.25, -0.2) is 0 Å². The molecule has 2 nitrogen and oxygen atoms in total. The van der Waals surface area contributed by atoms with Crippen molar-refractivity contribution in [2.75, 3.05) is 20.6 Å². The van der Waals surface area contributed by atoms with Crippen molar-refractivity contribution in [3.63, 3.8) is 0 Å². The summed E-state index contributed by atoms with van der Waals surface area (Å²) in [4.78, 5) is 2.14. The fourth-order valence-corrected chi connectivity index (χ4v) is 1.91. The second-order valence-corrected chi connectivity index (χ2v) is 4.21. The van der Waals surface area contributed by atoms with Gasteiger partial charge >= 0.3 is 0 Å². The third-order valence-corrected chi connectivity index (χ3v) is 2.69. The van der Waals surface area contributed by atoms with Crippen molar-refractivity contribution in [1.82, 2.24) is 4.90 Å². The Labute approximate surface area is 75.6 Å². The van der Waals surface area contributed by atoms with Crippen molar-refractivity contribution in [2.45, 2.75) is 25.9 Å². The van der Waals surface area contributed by atoms with Gasteiger partial charge in [0.25, 0.3) is 0 Å². The van der Waals surface area contributed by atoms with Crippen LogP contribution in [0.2, 0.25) is 0 Å². The number of hydrogen-bond acceptors (Lipinski definition) is 2. The lowest BCUT2D eigenvalue weighted by Gasteiger charge is -2.34. The van der Waals surface area contributed by atoms with E-state index in [0.717, 1.165) is 19.4 Å². The zero-order valence-corrected chi connectivity index (χ0v) is 8.33. The van der Waals surface area contributed by atoms with Crippen LogP contribution in [0, 0.1) is 18.3 Å². The van der Waals surface area contributed by atoms with Crippen molar-refractivity contribution in [3.05, 3.63) is 6.42 Å². The number of aliphatic hydroxyl groups is 1. The molecule has 1 rings (SSSR count). The Morgan fingerprint density at radius 2 is 2.17 bits per heavy atom. The van der Waals surface area contributed by atoms with Gasteiger partial charge in [0.05, 0.1) is 6.10 Å². The molecule has 0 saturated heterocycles. The molecule has 0 amide bonds. The molecule has 0 aliphatic heterocycles. The molecule has 2 heteroatoms. The molecule has 3 unspecified atom stereocenters. The number of aliphatic hydroxyl groups excluding tert-OH is 1. The molecule has 71 valence electrons. The monoisotopic (exact) mass is 170 g/mol. The molecule has 0 spiro atoms. The molecule has 0 aromatic heterocycles.